The Kier molecular flexibility index (Phi) is 4.66. The smallest absolute Gasteiger partial charge is 0.338 e. The van der Waals surface area contributed by atoms with Crippen LogP contribution in [0.3, 0.4) is 0 Å². The van der Waals surface area contributed by atoms with E-state index in [9.17, 15) is 13.2 Å². The summed E-state index contributed by atoms with van der Waals surface area (Å²) in [6.45, 7) is 5.10. The molecule has 0 saturated heterocycles. The van der Waals surface area contributed by atoms with E-state index >= 15 is 0 Å². The predicted molar refractivity (Wildman–Crippen MR) is 75.7 cm³/mol. The summed E-state index contributed by atoms with van der Waals surface area (Å²) in [4.78, 5) is 11.6. The summed E-state index contributed by atoms with van der Waals surface area (Å²) < 4.78 is 28.1. The van der Waals surface area contributed by atoms with Crippen molar-refractivity contribution in [3.63, 3.8) is 0 Å². The summed E-state index contributed by atoms with van der Waals surface area (Å²) in [5, 5.41) is 5.12. The molecule has 0 unspecified atom stereocenters. The maximum atomic E-state index is 11.9. The Labute approximate surface area is 125 Å². The van der Waals surface area contributed by atoms with Gasteiger partial charge in [0.05, 0.1) is 20.0 Å². The van der Waals surface area contributed by atoms with Crippen molar-refractivity contribution >= 4 is 43.5 Å². The first-order valence-electron chi connectivity index (χ1n) is 5.17. The van der Waals surface area contributed by atoms with E-state index in [-0.39, 0.29) is 20.0 Å². The third-order valence-corrected chi connectivity index (χ3v) is 4.51. The lowest BCUT2D eigenvalue weighted by atomic mass is 10.1. The highest BCUT2D eigenvalue weighted by molar-refractivity contribution is 9.10. The zero-order valence-corrected chi connectivity index (χ0v) is 13.7. The van der Waals surface area contributed by atoms with Crippen LogP contribution < -0.4 is 5.14 Å². The predicted octanol–water partition coefficient (Wildman–Crippen LogP) is 2.71. The summed E-state index contributed by atoms with van der Waals surface area (Å²) in [6, 6.07) is 2.44. The van der Waals surface area contributed by atoms with Gasteiger partial charge in [-0.1, -0.05) is 11.6 Å². The Balaban J connectivity index is 3.33. The summed E-state index contributed by atoms with van der Waals surface area (Å²) in [6.07, 6.45) is 0. The standard InChI is InChI=1S/C11H13BrClNO4S/c1-11(2,3)18-10(15)6-4-7(13)9(12)8(5-6)19(14,16)17/h4-5H,1-3H3,(H2,14,16,17). The molecule has 1 aromatic carbocycles. The molecule has 0 aliphatic heterocycles. The zero-order valence-electron chi connectivity index (χ0n) is 10.5. The van der Waals surface area contributed by atoms with E-state index in [1.165, 1.54) is 6.07 Å². The quantitative estimate of drug-likeness (QED) is 0.811. The molecule has 0 aromatic heterocycles. The van der Waals surface area contributed by atoms with Gasteiger partial charge in [0.2, 0.25) is 10.0 Å². The molecule has 8 heteroatoms. The molecule has 0 aliphatic carbocycles. The molecule has 0 fully saturated rings. The topological polar surface area (TPSA) is 86.5 Å². The van der Waals surface area contributed by atoms with Crippen LogP contribution in [0, 0.1) is 0 Å². The Morgan fingerprint density at radius 1 is 1.37 bits per heavy atom. The minimum atomic E-state index is -3.99. The fourth-order valence-electron chi connectivity index (χ4n) is 1.23. The van der Waals surface area contributed by atoms with E-state index in [2.05, 4.69) is 15.9 Å². The second kappa shape index (κ2) is 5.40. The van der Waals surface area contributed by atoms with Gasteiger partial charge in [0.15, 0.2) is 0 Å². The molecular weight excluding hydrogens is 358 g/mol. The number of halogens is 2. The third kappa shape index (κ3) is 4.45. The second-order valence-corrected chi connectivity index (χ2v) is 7.55. The molecule has 19 heavy (non-hydrogen) atoms. The molecule has 0 radical (unpaired) electrons. The van der Waals surface area contributed by atoms with Crippen LogP contribution in [0.2, 0.25) is 5.02 Å². The van der Waals surface area contributed by atoms with Crippen LogP contribution in [-0.4, -0.2) is 20.0 Å². The van der Waals surface area contributed by atoms with Gasteiger partial charge in [-0.15, -0.1) is 0 Å². The van der Waals surface area contributed by atoms with Crippen LogP contribution in [0.5, 0.6) is 0 Å². The molecule has 0 atom stereocenters. The summed E-state index contributed by atoms with van der Waals surface area (Å²) >= 11 is 8.88. The number of hydrogen-bond acceptors (Lipinski definition) is 4. The number of benzene rings is 1. The van der Waals surface area contributed by atoms with Crippen LogP contribution >= 0.6 is 27.5 Å². The van der Waals surface area contributed by atoms with Crippen molar-refractivity contribution in [2.75, 3.05) is 0 Å². The molecule has 2 N–H and O–H groups in total. The fourth-order valence-corrected chi connectivity index (χ4v) is 3.06. The van der Waals surface area contributed by atoms with Crippen LogP contribution in [0.15, 0.2) is 21.5 Å². The largest absolute Gasteiger partial charge is 0.456 e. The number of primary sulfonamides is 1. The van der Waals surface area contributed by atoms with E-state index in [0.29, 0.717) is 0 Å². The lowest BCUT2D eigenvalue weighted by molar-refractivity contribution is 0.00692. The van der Waals surface area contributed by atoms with Crippen molar-refractivity contribution < 1.29 is 17.9 Å². The van der Waals surface area contributed by atoms with E-state index in [4.69, 9.17) is 21.5 Å². The summed E-state index contributed by atoms with van der Waals surface area (Å²) in [7, 11) is -3.99. The van der Waals surface area contributed by atoms with Crippen molar-refractivity contribution in [1.29, 1.82) is 0 Å². The highest BCUT2D eigenvalue weighted by Gasteiger charge is 2.23. The molecule has 0 heterocycles. The number of carbonyl (C=O) groups is 1. The number of nitrogens with two attached hydrogens (primary N) is 1. The highest BCUT2D eigenvalue weighted by Crippen LogP contribution is 2.31. The van der Waals surface area contributed by atoms with Crippen molar-refractivity contribution in [3.8, 4) is 0 Å². The van der Waals surface area contributed by atoms with Crippen LogP contribution in [0.25, 0.3) is 0 Å². The molecule has 0 spiro atoms. The molecular formula is C11H13BrClNO4S. The molecule has 0 amide bonds. The first kappa shape index (κ1) is 16.4. The number of hydrogen-bond donors (Lipinski definition) is 1. The molecule has 0 aliphatic rings. The highest BCUT2D eigenvalue weighted by atomic mass is 79.9. The zero-order chi connectivity index (χ0) is 15.0. The maximum Gasteiger partial charge on any atom is 0.338 e. The van der Waals surface area contributed by atoms with E-state index in [1.54, 1.807) is 20.8 Å². The van der Waals surface area contributed by atoms with Gasteiger partial charge in [-0.3, -0.25) is 0 Å². The molecule has 5 nitrogen and oxygen atoms in total. The fraction of sp³-hybridized carbons (Fsp3) is 0.364. The Morgan fingerprint density at radius 3 is 2.32 bits per heavy atom. The summed E-state index contributed by atoms with van der Waals surface area (Å²) in [5.74, 6) is -0.674. The average Bonchev–Trinajstić information content (AvgIpc) is 2.17. The van der Waals surface area contributed by atoms with Gasteiger partial charge >= 0.3 is 5.97 Å². The van der Waals surface area contributed by atoms with Crippen LogP contribution in [0.4, 0.5) is 0 Å². The van der Waals surface area contributed by atoms with Gasteiger partial charge in [0.25, 0.3) is 0 Å². The van der Waals surface area contributed by atoms with Crippen molar-refractivity contribution in [2.24, 2.45) is 5.14 Å². The number of esters is 1. The van der Waals surface area contributed by atoms with Gasteiger partial charge in [-0.2, -0.15) is 0 Å². The Morgan fingerprint density at radius 2 is 1.89 bits per heavy atom. The third-order valence-electron chi connectivity index (χ3n) is 1.94. The maximum absolute atomic E-state index is 11.9. The van der Waals surface area contributed by atoms with Gasteiger partial charge in [-0.25, -0.2) is 18.4 Å². The molecule has 0 saturated carbocycles. The van der Waals surface area contributed by atoms with Crippen LogP contribution in [-0.2, 0) is 14.8 Å². The first-order chi connectivity index (χ1) is 8.42. The van der Waals surface area contributed by atoms with Crippen molar-refractivity contribution in [1.82, 2.24) is 0 Å². The number of sulfonamides is 1. The van der Waals surface area contributed by atoms with Gasteiger partial charge in [-0.05, 0) is 48.8 Å². The molecule has 106 valence electrons. The van der Waals surface area contributed by atoms with Crippen molar-refractivity contribution in [2.45, 2.75) is 31.3 Å². The lowest BCUT2D eigenvalue weighted by Gasteiger charge is -2.19. The molecule has 1 rings (SSSR count). The minimum Gasteiger partial charge on any atom is -0.456 e. The number of carbonyl (C=O) groups excluding carboxylic acids is 1. The normalized spacial score (nSPS) is 12.3. The summed E-state index contributed by atoms with van der Waals surface area (Å²) in [5.41, 5.74) is -0.676. The van der Waals surface area contributed by atoms with E-state index in [1.807, 2.05) is 0 Å². The average molecular weight is 371 g/mol. The monoisotopic (exact) mass is 369 g/mol. The molecule has 1 aromatic rings. The number of rotatable bonds is 2. The van der Waals surface area contributed by atoms with Gasteiger partial charge < -0.3 is 4.74 Å². The Bertz CT molecular complexity index is 622. The van der Waals surface area contributed by atoms with Gasteiger partial charge in [0.1, 0.15) is 5.60 Å². The lowest BCUT2D eigenvalue weighted by Crippen LogP contribution is -2.24. The SMILES string of the molecule is CC(C)(C)OC(=O)c1cc(Cl)c(Br)c(S(N)(=O)=O)c1. The van der Waals surface area contributed by atoms with E-state index in [0.717, 1.165) is 6.07 Å². The second-order valence-electron chi connectivity index (χ2n) is 4.82. The van der Waals surface area contributed by atoms with E-state index < -0.39 is 21.6 Å². The van der Waals surface area contributed by atoms with Crippen molar-refractivity contribution in [3.05, 3.63) is 27.2 Å². The Hall–Kier alpha value is -0.630. The molecule has 0 bridgehead atoms. The number of ether oxygens (including phenoxy) is 1. The van der Waals surface area contributed by atoms with Crippen LogP contribution in [0.1, 0.15) is 31.1 Å². The minimum absolute atomic E-state index is 0.0205. The first-order valence-corrected chi connectivity index (χ1v) is 7.89. The van der Waals surface area contributed by atoms with Gasteiger partial charge in [0, 0.05) is 0 Å².